The molecule has 124 valence electrons. The molecule has 0 heterocycles. The summed E-state index contributed by atoms with van der Waals surface area (Å²) in [6.45, 7) is 5.59. The van der Waals surface area contributed by atoms with Crippen LogP contribution >= 0.6 is 11.8 Å². The highest BCUT2D eigenvalue weighted by molar-refractivity contribution is 7.98. The van der Waals surface area contributed by atoms with Crippen molar-refractivity contribution in [3.05, 3.63) is 0 Å². The smallest absolute Gasteiger partial charge is 0.315 e. The summed E-state index contributed by atoms with van der Waals surface area (Å²) < 4.78 is 0. The highest BCUT2D eigenvalue weighted by Gasteiger charge is 2.25. The molecule has 0 saturated carbocycles. The summed E-state index contributed by atoms with van der Waals surface area (Å²) in [5.74, 6) is 1.23. The quantitative estimate of drug-likeness (QED) is 0.539. The fraction of sp³-hybridized carbons (Fsp3) is 0.875. The highest BCUT2D eigenvalue weighted by Crippen LogP contribution is 2.09. The Balaban J connectivity index is 3.43. The van der Waals surface area contributed by atoms with Crippen molar-refractivity contribution in [2.24, 2.45) is 0 Å². The van der Waals surface area contributed by atoms with Crippen molar-refractivity contribution in [2.75, 3.05) is 18.6 Å². The molecule has 0 fully saturated rings. The maximum atomic E-state index is 11.6. The number of Topliss-reactive ketones (excluding diaryl/α,β-unsaturated/α-hetero) is 1. The third-order valence-electron chi connectivity index (χ3n) is 3.62. The average molecular weight is 317 g/mol. The molecule has 0 rings (SSSR count). The first-order chi connectivity index (χ1) is 9.90. The summed E-state index contributed by atoms with van der Waals surface area (Å²) in [5.41, 5.74) is -0.791. The van der Waals surface area contributed by atoms with Crippen LogP contribution in [-0.4, -0.2) is 35.9 Å². The minimum absolute atomic E-state index is 0.0425. The van der Waals surface area contributed by atoms with Gasteiger partial charge in [-0.2, -0.15) is 11.8 Å². The van der Waals surface area contributed by atoms with E-state index >= 15 is 0 Å². The summed E-state index contributed by atoms with van der Waals surface area (Å²) in [7, 11) is 0. The van der Waals surface area contributed by atoms with Crippen LogP contribution in [0.3, 0.4) is 0 Å². The first-order valence-corrected chi connectivity index (χ1v) is 9.35. The molecule has 0 aromatic rings. The van der Waals surface area contributed by atoms with Crippen molar-refractivity contribution in [3.8, 4) is 0 Å². The first kappa shape index (κ1) is 20.3. The second kappa shape index (κ2) is 11.9. The van der Waals surface area contributed by atoms with Crippen molar-refractivity contribution in [2.45, 2.75) is 71.3 Å². The average Bonchev–Trinajstić information content (AvgIpc) is 2.40. The van der Waals surface area contributed by atoms with Crippen molar-refractivity contribution < 1.29 is 9.59 Å². The van der Waals surface area contributed by atoms with E-state index in [9.17, 15) is 9.59 Å². The maximum Gasteiger partial charge on any atom is 0.315 e. The number of hydrogen-bond donors (Lipinski definition) is 2. The second-order valence-corrected chi connectivity index (χ2v) is 7.02. The van der Waals surface area contributed by atoms with Gasteiger partial charge < -0.3 is 10.6 Å². The van der Waals surface area contributed by atoms with E-state index in [1.807, 2.05) is 11.8 Å². The third kappa shape index (κ3) is 11.6. The van der Waals surface area contributed by atoms with Crippen molar-refractivity contribution in [1.82, 2.24) is 10.6 Å². The molecule has 4 nitrogen and oxygen atoms in total. The zero-order chi connectivity index (χ0) is 16.1. The molecular formula is C16H32N2O2S. The Bertz CT molecular complexity index is 307. The van der Waals surface area contributed by atoms with Gasteiger partial charge in [-0.3, -0.25) is 4.79 Å². The van der Waals surface area contributed by atoms with E-state index in [4.69, 9.17) is 0 Å². The van der Waals surface area contributed by atoms with Crippen molar-refractivity contribution in [3.63, 3.8) is 0 Å². The Labute approximate surface area is 134 Å². The number of unbranched alkanes of at least 4 members (excludes halogenated alkanes) is 6. The molecule has 0 radical (unpaired) electrons. The number of carbonyl (C=O) groups excluding carboxylic acids is 2. The predicted octanol–water partition coefficient (Wildman–Crippen LogP) is 3.75. The van der Waals surface area contributed by atoms with E-state index in [-0.39, 0.29) is 11.8 Å². The molecule has 0 aliphatic heterocycles. The minimum Gasteiger partial charge on any atom is -0.338 e. The van der Waals surface area contributed by atoms with Crippen LogP contribution in [-0.2, 0) is 4.79 Å². The molecule has 2 amide bonds. The van der Waals surface area contributed by atoms with Crippen molar-refractivity contribution >= 4 is 23.6 Å². The number of amides is 2. The molecule has 0 aliphatic carbocycles. The van der Waals surface area contributed by atoms with Crippen LogP contribution in [0.4, 0.5) is 4.79 Å². The molecule has 0 spiro atoms. The van der Waals surface area contributed by atoms with Crippen LogP contribution < -0.4 is 10.6 Å². The second-order valence-electron chi connectivity index (χ2n) is 6.03. The standard InChI is InChI=1S/C16H32N2O2S/c1-14(19)16(2,3)18-15(20)17-12-10-8-6-5-7-9-11-13-21-4/h5-13H2,1-4H3,(H2,17,18,20). The summed E-state index contributed by atoms with van der Waals surface area (Å²) in [5, 5.41) is 5.49. The van der Waals surface area contributed by atoms with Gasteiger partial charge in [-0.25, -0.2) is 4.79 Å². The normalized spacial score (nSPS) is 11.2. The Morgan fingerprint density at radius 3 is 2.00 bits per heavy atom. The van der Waals surface area contributed by atoms with Gasteiger partial charge in [0.05, 0.1) is 5.54 Å². The molecule has 0 aromatic heterocycles. The zero-order valence-corrected chi connectivity index (χ0v) is 14.9. The number of nitrogens with one attached hydrogen (secondary N) is 2. The van der Waals surface area contributed by atoms with E-state index < -0.39 is 5.54 Å². The van der Waals surface area contributed by atoms with E-state index in [1.165, 1.54) is 44.8 Å². The van der Waals surface area contributed by atoms with E-state index in [0.717, 1.165) is 12.8 Å². The van der Waals surface area contributed by atoms with Crippen LogP contribution in [0.2, 0.25) is 0 Å². The molecule has 0 aliphatic rings. The minimum atomic E-state index is -0.791. The SMILES string of the molecule is CSCCCCCCCCCNC(=O)NC(C)(C)C(C)=O. The largest absolute Gasteiger partial charge is 0.338 e. The topological polar surface area (TPSA) is 58.2 Å². The van der Waals surface area contributed by atoms with Gasteiger partial charge in [0.2, 0.25) is 0 Å². The number of urea groups is 1. The molecule has 0 aromatic carbocycles. The lowest BCUT2D eigenvalue weighted by atomic mass is 10.0. The molecule has 5 heteroatoms. The van der Waals surface area contributed by atoms with E-state index in [2.05, 4.69) is 16.9 Å². The summed E-state index contributed by atoms with van der Waals surface area (Å²) in [6, 6.07) is -0.257. The molecular weight excluding hydrogens is 284 g/mol. The maximum absolute atomic E-state index is 11.6. The molecule has 21 heavy (non-hydrogen) atoms. The number of carbonyl (C=O) groups is 2. The zero-order valence-electron chi connectivity index (χ0n) is 14.1. The van der Waals surface area contributed by atoms with Gasteiger partial charge in [0.1, 0.15) is 0 Å². The lowest BCUT2D eigenvalue weighted by molar-refractivity contribution is -0.121. The predicted molar refractivity (Wildman–Crippen MR) is 92.0 cm³/mol. The van der Waals surface area contributed by atoms with Gasteiger partial charge >= 0.3 is 6.03 Å². The van der Waals surface area contributed by atoms with Gasteiger partial charge in [-0.15, -0.1) is 0 Å². The molecule has 0 unspecified atom stereocenters. The van der Waals surface area contributed by atoms with Crippen molar-refractivity contribution in [1.29, 1.82) is 0 Å². The van der Waals surface area contributed by atoms with Crippen LogP contribution in [0, 0.1) is 0 Å². The fourth-order valence-corrected chi connectivity index (χ4v) is 2.37. The Kier molecular flexibility index (Phi) is 11.5. The van der Waals surface area contributed by atoms with Gasteiger partial charge in [0.15, 0.2) is 5.78 Å². The Morgan fingerprint density at radius 2 is 1.48 bits per heavy atom. The highest BCUT2D eigenvalue weighted by atomic mass is 32.2. The molecule has 2 N–H and O–H groups in total. The molecule has 0 bridgehead atoms. The van der Waals surface area contributed by atoms with Crippen LogP contribution in [0.25, 0.3) is 0 Å². The first-order valence-electron chi connectivity index (χ1n) is 7.96. The number of rotatable bonds is 12. The summed E-state index contributed by atoms with van der Waals surface area (Å²) in [4.78, 5) is 22.9. The fourth-order valence-electron chi connectivity index (χ4n) is 1.87. The van der Waals surface area contributed by atoms with Crippen LogP contribution in [0.1, 0.15) is 65.7 Å². The summed E-state index contributed by atoms with van der Waals surface area (Å²) in [6.07, 6.45) is 10.8. The molecule has 0 atom stereocenters. The van der Waals surface area contributed by atoms with E-state index in [0.29, 0.717) is 6.54 Å². The lowest BCUT2D eigenvalue weighted by Crippen LogP contribution is -2.52. The van der Waals surface area contributed by atoms with Gasteiger partial charge in [0.25, 0.3) is 0 Å². The number of thioether (sulfide) groups is 1. The van der Waals surface area contributed by atoms with Crippen LogP contribution in [0.15, 0.2) is 0 Å². The lowest BCUT2D eigenvalue weighted by Gasteiger charge is -2.23. The molecule has 0 saturated heterocycles. The monoisotopic (exact) mass is 316 g/mol. The van der Waals surface area contributed by atoms with E-state index in [1.54, 1.807) is 13.8 Å². The number of ketones is 1. The van der Waals surface area contributed by atoms with Gasteiger partial charge in [-0.05, 0) is 45.6 Å². The Hall–Kier alpha value is -0.710. The van der Waals surface area contributed by atoms with Crippen LogP contribution in [0.5, 0.6) is 0 Å². The van der Waals surface area contributed by atoms with Gasteiger partial charge in [0, 0.05) is 6.54 Å². The summed E-state index contributed by atoms with van der Waals surface area (Å²) >= 11 is 1.92. The Morgan fingerprint density at radius 1 is 0.952 bits per heavy atom. The third-order valence-corrected chi connectivity index (χ3v) is 4.31. The van der Waals surface area contributed by atoms with Gasteiger partial charge in [-0.1, -0.05) is 32.1 Å². The number of hydrogen-bond acceptors (Lipinski definition) is 3.